The van der Waals surface area contributed by atoms with Crippen LogP contribution < -0.4 is 4.90 Å². The Morgan fingerprint density at radius 1 is 1.18 bits per heavy atom. The third-order valence-corrected chi connectivity index (χ3v) is 4.85. The van der Waals surface area contributed by atoms with Crippen LogP contribution in [0.2, 0.25) is 0 Å². The van der Waals surface area contributed by atoms with Gasteiger partial charge in [0.15, 0.2) is 0 Å². The predicted octanol–water partition coefficient (Wildman–Crippen LogP) is 1.84. The van der Waals surface area contributed by atoms with Crippen molar-refractivity contribution in [1.29, 1.82) is 0 Å². The van der Waals surface area contributed by atoms with Crippen LogP contribution in [0.25, 0.3) is 0 Å². The van der Waals surface area contributed by atoms with Gasteiger partial charge in [0.25, 0.3) is 0 Å². The van der Waals surface area contributed by atoms with Crippen LogP contribution in [-0.2, 0) is 19.4 Å². The summed E-state index contributed by atoms with van der Waals surface area (Å²) in [6.07, 6.45) is 7.58. The van der Waals surface area contributed by atoms with E-state index in [1.54, 1.807) is 6.33 Å². The zero-order valence-corrected chi connectivity index (χ0v) is 13.3. The van der Waals surface area contributed by atoms with E-state index in [2.05, 4.69) is 25.0 Å². The third-order valence-electron chi connectivity index (χ3n) is 4.85. The number of nitrogens with zero attached hydrogens (tertiary/aromatic N) is 6. The summed E-state index contributed by atoms with van der Waals surface area (Å²) in [5.74, 6) is 3.02. The molecule has 6 heteroatoms. The second kappa shape index (κ2) is 5.34. The van der Waals surface area contributed by atoms with Gasteiger partial charge < -0.3 is 4.90 Å². The van der Waals surface area contributed by atoms with E-state index in [1.165, 1.54) is 36.3 Å². The van der Waals surface area contributed by atoms with Gasteiger partial charge in [-0.05, 0) is 46.0 Å². The van der Waals surface area contributed by atoms with Gasteiger partial charge in [-0.2, -0.15) is 5.10 Å². The van der Waals surface area contributed by atoms with E-state index in [4.69, 9.17) is 0 Å². The van der Waals surface area contributed by atoms with Crippen molar-refractivity contribution in [1.82, 2.24) is 24.7 Å². The smallest absolute Gasteiger partial charge is 0.147 e. The molecular weight excluding hydrogens is 276 g/mol. The molecular formula is C16H22N6. The summed E-state index contributed by atoms with van der Waals surface area (Å²) in [7, 11) is 0. The quantitative estimate of drug-likeness (QED) is 0.865. The SMILES string of the molecule is Cc1nc(C)n(C[C@@H]2CCCN2c2ncnc3c2CCC3)n1. The van der Waals surface area contributed by atoms with Gasteiger partial charge >= 0.3 is 0 Å². The molecule has 1 fully saturated rings. The number of fused-ring (bicyclic) bond motifs is 1. The summed E-state index contributed by atoms with van der Waals surface area (Å²) >= 11 is 0. The fourth-order valence-electron chi connectivity index (χ4n) is 3.83. The zero-order valence-electron chi connectivity index (χ0n) is 13.3. The lowest BCUT2D eigenvalue weighted by Crippen LogP contribution is -2.35. The number of aryl methyl sites for hydroxylation is 3. The summed E-state index contributed by atoms with van der Waals surface area (Å²) in [6.45, 7) is 5.96. The minimum atomic E-state index is 0.458. The largest absolute Gasteiger partial charge is 0.351 e. The molecule has 0 bridgehead atoms. The van der Waals surface area contributed by atoms with Crippen LogP contribution in [0.3, 0.4) is 0 Å². The first-order chi connectivity index (χ1) is 10.7. The van der Waals surface area contributed by atoms with Crippen LogP contribution in [0.4, 0.5) is 5.82 Å². The summed E-state index contributed by atoms with van der Waals surface area (Å²) < 4.78 is 2.04. The van der Waals surface area contributed by atoms with Gasteiger partial charge in [-0.25, -0.2) is 19.6 Å². The molecule has 0 saturated carbocycles. The maximum atomic E-state index is 4.62. The lowest BCUT2D eigenvalue weighted by atomic mass is 10.2. The van der Waals surface area contributed by atoms with Crippen molar-refractivity contribution in [3.05, 3.63) is 29.2 Å². The molecule has 0 amide bonds. The molecule has 0 aromatic carbocycles. The van der Waals surface area contributed by atoms with Gasteiger partial charge in [0.1, 0.15) is 23.8 Å². The summed E-state index contributed by atoms with van der Waals surface area (Å²) in [6, 6.07) is 0.458. The number of hydrogen-bond donors (Lipinski definition) is 0. The Labute approximate surface area is 130 Å². The number of aromatic nitrogens is 5. The van der Waals surface area contributed by atoms with E-state index >= 15 is 0 Å². The monoisotopic (exact) mass is 298 g/mol. The first-order valence-electron chi connectivity index (χ1n) is 8.20. The standard InChI is InChI=1S/C16H22N6/c1-11-19-12(2)22(20-11)9-13-5-4-8-21(13)16-14-6-3-7-15(14)17-10-18-16/h10,13H,3-9H2,1-2H3/t13-/m0/s1. The summed E-state index contributed by atoms with van der Waals surface area (Å²) in [5, 5.41) is 4.52. The molecule has 2 aromatic rings. The molecule has 2 aromatic heterocycles. The van der Waals surface area contributed by atoms with Gasteiger partial charge in [0, 0.05) is 17.8 Å². The molecule has 0 unspecified atom stereocenters. The Balaban J connectivity index is 1.62. The van der Waals surface area contributed by atoms with Gasteiger partial charge in [-0.1, -0.05) is 0 Å². The summed E-state index contributed by atoms with van der Waals surface area (Å²) in [5.41, 5.74) is 2.63. The first-order valence-corrected chi connectivity index (χ1v) is 8.20. The van der Waals surface area contributed by atoms with Gasteiger partial charge in [-0.15, -0.1) is 0 Å². The molecule has 1 atom stereocenters. The van der Waals surface area contributed by atoms with Crippen molar-refractivity contribution >= 4 is 5.82 Å². The van der Waals surface area contributed by atoms with Crippen molar-refractivity contribution < 1.29 is 0 Å². The molecule has 6 nitrogen and oxygen atoms in total. The van der Waals surface area contributed by atoms with E-state index in [9.17, 15) is 0 Å². The van der Waals surface area contributed by atoms with Crippen LogP contribution in [0.1, 0.15) is 42.2 Å². The van der Waals surface area contributed by atoms with Gasteiger partial charge in [-0.3, -0.25) is 0 Å². The molecule has 0 N–H and O–H groups in total. The molecule has 0 spiro atoms. The van der Waals surface area contributed by atoms with Crippen LogP contribution in [0.5, 0.6) is 0 Å². The lowest BCUT2D eigenvalue weighted by Gasteiger charge is -2.27. The number of rotatable bonds is 3. The fourth-order valence-corrected chi connectivity index (χ4v) is 3.83. The highest BCUT2D eigenvalue weighted by Gasteiger charge is 2.30. The predicted molar refractivity (Wildman–Crippen MR) is 83.9 cm³/mol. The lowest BCUT2D eigenvalue weighted by molar-refractivity contribution is 0.494. The van der Waals surface area contributed by atoms with Crippen LogP contribution in [0.15, 0.2) is 6.33 Å². The zero-order chi connectivity index (χ0) is 15.1. The molecule has 4 rings (SSSR count). The Morgan fingerprint density at radius 3 is 2.91 bits per heavy atom. The molecule has 1 saturated heterocycles. The van der Waals surface area contributed by atoms with Crippen molar-refractivity contribution in [3.63, 3.8) is 0 Å². The highest BCUT2D eigenvalue weighted by atomic mass is 15.4. The highest BCUT2D eigenvalue weighted by molar-refractivity contribution is 5.52. The fraction of sp³-hybridized carbons (Fsp3) is 0.625. The molecule has 1 aliphatic heterocycles. The maximum Gasteiger partial charge on any atom is 0.147 e. The van der Waals surface area contributed by atoms with Crippen molar-refractivity contribution in [2.45, 2.75) is 58.5 Å². The van der Waals surface area contributed by atoms with E-state index < -0.39 is 0 Å². The summed E-state index contributed by atoms with van der Waals surface area (Å²) in [4.78, 5) is 16.0. The van der Waals surface area contributed by atoms with Crippen molar-refractivity contribution in [3.8, 4) is 0 Å². The number of anilines is 1. The van der Waals surface area contributed by atoms with Gasteiger partial charge in [0.05, 0.1) is 12.6 Å². The Hall–Kier alpha value is -1.98. The Kier molecular flexibility index (Phi) is 3.32. The highest BCUT2D eigenvalue weighted by Crippen LogP contribution is 2.32. The average molecular weight is 298 g/mol. The second-order valence-corrected chi connectivity index (χ2v) is 6.35. The average Bonchev–Trinajstić information content (AvgIpc) is 3.20. The first kappa shape index (κ1) is 13.7. The van der Waals surface area contributed by atoms with E-state index in [-0.39, 0.29) is 0 Å². The minimum absolute atomic E-state index is 0.458. The van der Waals surface area contributed by atoms with Crippen LogP contribution >= 0.6 is 0 Å². The number of hydrogen-bond acceptors (Lipinski definition) is 5. The van der Waals surface area contributed by atoms with E-state index in [1.807, 2.05) is 18.5 Å². The molecule has 2 aliphatic rings. The normalized spacial score (nSPS) is 20.6. The Morgan fingerprint density at radius 2 is 2.09 bits per heavy atom. The molecule has 1 aliphatic carbocycles. The molecule has 116 valence electrons. The molecule has 3 heterocycles. The van der Waals surface area contributed by atoms with Crippen molar-refractivity contribution in [2.75, 3.05) is 11.4 Å². The van der Waals surface area contributed by atoms with Crippen molar-refractivity contribution in [2.24, 2.45) is 0 Å². The minimum Gasteiger partial charge on any atom is -0.351 e. The van der Waals surface area contributed by atoms with Crippen LogP contribution in [-0.4, -0.2) is 37.3 Å². The molecule has 0 radical (unpaired) electrons. The second-order valence-electron chi connectivity index (χ2n) is 6.35. The van der Waals surface area contributed by atoms with Crippen LogP contribution in [0, 0.1) is 13.8 Å². The third kappa shape index (κ3) is 2.26. The Bertz CT molecular complexity index is 692. The van der Waals surface area contributed by atoms with Gasteiger partial charge in [0.2, 0.25) is 0 Å². The topological polar surface area (TPSA) is 59.7 Å². The van der Waals surface area contributed by atoms with E-state index in [0.29, 0.717) is 6.04 Å². The maximum absolute atomic E-state index is 4.62. The van der Waals surface area contributed by atoms with E-state index in [0.717, 1.165) is 37.6 Å². The molecule has 22 heavy (non-hydrogen) atoms.